The number of rotatable bonds is 2. The average Bonchev–Trinajstić information content (AvgIpc) is 2.48. The number of nitrogens with two attached hydrogens (primary N) is 1. The molecule has 1 aromatic carbocycles. The summed E-state index contributed by atoms with van der Waals surface area (Å²) >= 11 is 0. The molecule has 0 saturated heterocycles. The van der Waals surface area contributed by atoms with Crippen LogP contribution < -0.4 is 10.5 Å². The van der Waals surface area contributed by atoms with Gasteiger partial charge in [0.15, 0.2) is 0 Å². The Morgan fingerprint density at radius 3 is 2.45 bits per heavy atom. The number of nitrogens with zero attached hydrogens (tertiary/aromatic N) is 1. The molecule has 0 aliphatic heterocycles. The SMILES string of the molecule is Nc1cccc2c(OC3CCC(C(F)(F)F)CC3)nccc12. The van der Waals surface area contributed by atoms with E-state index in [4.69, 9.17) is 10.5 Å². The molecule has 0 bridgehead atoms. The predicted molar refractivity (Wildman–Crippen MR) is 78.6 cm³/mol. The van der Waals surface area contributed by atoms with Crippen LogP contribution in [0.5, 0.6) is 5.88 Å². The van der Waals surface area contributed by atoms with Gasteiger partial charge in [-0.3, -0.25) is 0 Å². The number of hydrogen-bond donors (Lipinski definition) is 1. The van der Waals surface area contributed by atoms with Crippen molar-refractivity contribution in [2.24, 2.45) is 5.92 Å². The number of hydrogen-bond acceptors (Lipinski definition) is 3. The Labute approximate surface area is 126 Å². The topological polar surface area (TPSA) is 48.1 Å². The summed E-state index contributed by atoms with van der Waals surface area (Å²) in [6.45, 7) is 0. The third-order valence-electron chi connectivity index (χ3n) is 4.22. The van der Waals surface area contributed by atoms with E-state index in [1.54, 1.807) is 18.3 Å². The van der Waals surface area contributed by atoms with Crippen molar-refractivity contribution < 1.29 is 17.9 Å². The van der Waals surface area contributed by atoms with Crippen molar-refractivity contribution in [2.45, 2.75) is 38.0 Å². The number of aromatic nitrogens is 1. The fraction of sp³-hybridized carbons (Fsp3) is 0.438. The number of benzene rings is 1. The van der Waals surface area contributed by atoms with Crippen LogP contribution in [0.1, 0.15) is 25.7 Å². The van der Waals surface area contributed by atoms with E-state index in [0.717, 1.165) is 10.8 Å². The molecule has 1 saturated carbocycles. The van der Waals surface area contributed by atoms with Crippen LogP contribution in [-0.4, -0.2) is 17.3 Å². The van der Waals surface area contributed by atoms with Gasteiger partial charge in [0.05, 0.1) is 5.92 Å². The van der Waals surface area contributed by atoms with E-state index in [9.17, 15) is 13.2 Å². The molecule has 3 nitrogen and oxygen atoms in total. The number of fused-ring (bicyclic) bond motifs is 1. The first-order valence-corrected chi connectivity index (χ1v) is 7.31. The maximum Gasteiger partial charge on any atom is 0.391 e. The van der Waals surface area contributed by atoms with E-state index in [0.29, 0.717) is 24.4 Å². The molecule has 1 aliphatic rings. The van der Waals surface area contributed by atoms with E-state index in [1.807, 2.05) is 12.1 Å². The van der Waals surface area contributed by atoms with Gasteiger partial charge in [0.1, 0.15) is 6.10 Å². The van der Waals surface area contributed by atoms with Crippen molar-refractivity contribution in [2.75, 3.05) is 5.73 Å². The Balaban J connectivity index is 1.74. The molecule has 0 spiro atoms. The highest BCUT2D eigenvalue weighted by molar-refractivity contribution is 5.95. The van der Waals surface area contributed by atoms with Crippen molar-refractivity contribution in [3.63, 3.8) is 0 Å². The number of alkyl halides is 3. The van der Waals surface area contributed by atoms with Crippen molar-refractivity contribution in [1.29, 1.82) is 0 Å². The summed E-state index contributed by atoms with van der Waals surface area (Å²) in [6, 6.07) is 7.26. The lowest BCUT2D eigenvalue weighted by Gasteiger charge is -2.30. The number of nitrogen functional groups attached to an aromatic ring is 1. The zero-order chi connectivity index (χ0) is 15.7. The number of halogens is 3. The van der Waals surface area contributed by atoms with Gasteiger partial charge in [-0.1, -0.05) is 6.07 Å². The third-order valence-corrected chi connectivity index (χ3v) is 4.22. The second-order valence-electron chi connectivity index (χ2n) is 5.69. The second-order valence-corrected chi connectivity index (χ2v) is 5.69. The van der Waals surface area contributed by atoms with Crippen LogP contribution >= 0.6 is 0 Å². The number of anilines is 1. The van der Waals surface area contributed by atoms with Gasteiger partial charge < -0.3 is 10.5 Å². The van der Waals surface area contributed by atoms with Crippen molar-refractivity contribution >= 4 is 16.5 Å². The van der Waals surface area contributed by atoms with Crippen LogP contribution in [-0.2, 0) is 0 Å². The quantitative estimate of drug-likeness (QED) is 0.841. The first kappa shape index (κ1) is 14.9. The van der Waals surface area contributed by atoms with E-state index in [2.05, 4.69) is 4.98 Å². The molecule has 118 valence electrons. The molecule has 2 N–H and O–H groups in total. The molecule has 3 rings (SSSR count). The third kappa shape index (κ3) is 2.96. The Bertz CT molecular complexity index is 664. The highest BCUT2D eigenvalue weighted by Gasteiger charge is 2.41. The molecule has 0 amide bonds. The number of pyridine rings is 1. The van der Waals surface area contributed by atoms with Crippen molar-refractivity contribution in [3.8, 4) is 5.88 Å². The molecule has 0 unspecified atom stereocenters. The fourth-order valence-corrected chi connectivity index (χ4v) is 2.96. The maximum absolute atomic E-state index is 12.7. The molecule has 6 heteroatoms. The minimum absolute atomic E-state index is 0.112. The van der Waals surface area contributed by atoms with E-state index >= 15 is 0 Å². The summed E-state index contributed by atoms with van der Waals surface area (Å²) in [5, 5.41) is 1.64. The van der Waals surface area contributed by atoms with Crippen LogP contribution in [0, 0.1) is 5.92 Å². The summed E-state index contributed by atoms with van der Waals surface area (Å²) in [5.74, 6) is -0.760. The van der Waals surface area contributed by atoms with Crippen molar-refractivity contribution in [1.82, 2.24) is 4.98 Å². The first-order chi connectivity index (χ1) is 10.4. The standard InChI is InChI=1S/C16H17F3N2O/c17-16(18,19)10-4-6-11(7-5-10)22-15-13-2-1-3-14(20)12(13)8-9-21-15/h1-3,8-11H,4-7,20H2. The van der Waals surface area contributed by atoms with Gasteiger partial charge in [-0.25, -0.2) is 4.98 Å². The Morgan fingerprint density at radius 1 is 1.05 bits per heavy atom. The minimum atomic E-state index is -4.10. The lowest BCUT2D eigenvalue weighted by molar-refractivity contribution is -0.185. The van der Waals surface area contributed by atoms with E-state index in [-0.39, 0.29) is 18.9 Å². The average molecular weight is 310 g/mol. The molecular formula is C16H17F3N2O. The summed E-state index contributed by atoms with van der Waals surface area (Å²) in [4.78, 5) is 4.21. The monoisotopic (exact) mass is 310 g/mol. The highest BCUT2D eigenvalue weighted by Crippen LogP contribution is 2.39. The maximum atomic E-state index is 12.7. The lowest BCUT2D eigenvalue weighted by atomic mass is 9.87. The van der Waals surface area contributed by atoms with Crippen LogP contribution in [0.15, 0.2) is 30.5 Å². The Hall–Kier alpha value is -1.98. The molecule has 0 radical (unpaired) electrons. The zero-order valence-electron chi connectivity index (χ0n) is 11.9. The number of ether oxygens (including phenoxy) is 1. The Kier molecular flexibility index (Phi) is 3.85. The van der Waals surface area contributed by atoms with Gasteiger partial charge in [0.25, 0.3) is 0 Å². The van der Waals surface area contributed by atoms with Crippen LogP contribution in [0.25, 0.3) is 10.8 Å². The first-order valence-electron chi connectivity index (χ1n) is 7.31. The van der Waals surface area contributed by atoms with E-state index in [1.165, 1.54) is 0 Å². The fourth-order valence-electron chi connectivity index (χ4n) is 2.96. The van der Waals surface area contributed by atoms with Gasteiger partial charge >= 0.3 is 6.18 Å². The lowest BCUT2D eigenvalue weighted by Crippen LogP contribution is -2.32. The Morgan fingerprint density at radius 2 is 1.77 bits per heavy atom. The summed E-state index contributed by atoms with van der Waals surface area (Å²) in [7, 11) is 0. The molecule has 1 fully saturated rings. The normalized spacial score (nSPS) is 22.7. The van der Waals surface area contributed by atoms with Gasteiger partial charge in [-0.05, 0) is 43.9 Å². The van der Waals surface area contributed by atoms with Gasteiger partial charge in [0.2, 0.25) is 5.88 Å². The molecule has 1 aliphatic carbocycles. The zero-order valence-corrected chi connectivity index (χ0v) is 11.9. The predicted octanol–water partition coefficient (Wildman–Crippen LogP) is 4.32. The summed E-state index contributed by atoms with van der Waals surface area (Å²) in [5.41, 5.74) is 6.55. The minimum Gasteiger partial charge on any atom is -0.474 e. The largest absolute Gasteiger partial charge is 0.474 e. The molecule has 0 atom stereocenters. The van der Waals surface area contributed by atoms with E-state index < -0.39 is 12.1 Å². The summed E-state index contributed by atoms with van der Waals surface area (Å²) < 4.78 is 43.9. The molecule has 22 heavy (non-hydrogen) atoms. The molecular weight excluding hydrogens is 293 g/mol. The van der Waals surface area contributed by atoms with Crippen LogP contribution in [0.2, 0.25) is 0 Å². The highest BCUT2D eigenvalue weighted by atomic mass is 19.4. The van der Waals surface area contributed by atoms with Crippen LogP contribution in [0.3, 0.4) is 0 Å². The van der Waals surface area contributed by atoms with Crippen LogP contribution in [0.4, 0.5) is 18.9 Å². The smallest absolute Gasteiger partial charge is 0.391 e. The van der Waals surface area contributed by atoms with Crippen molar-refractivity contribution in [3.05, 3.63) is 30.5 Å². The van der Waals surface area contributed by atoms with Gasteiger partial charge in [-0.15, -0.1) is 0 Å². The molecule has 1 aromatic heterocycles. The summed E-state index contributed by atoms with van der Waals surface area (Å²) in [6.07, 6.45) is -1.71. The molecule has 1 heterocycles. The van der Waals surface area contributed by atoms with Gasteiger partial charge in [-0.2, -0.15) is 13.2 Å². The molecule has 2 aromatic rings. The second kappa shape index (κ2) is 5.66. The van der Waals surface area contributed by atoms with Gasteiger partial charge in [0, 0.05) is 22.7 Å².